The molecule has 4 heteroatoms. The van der Waals surface area contributed by atoms with Crippen LogP contribution in [0.1, 0.15) is 6.42 Å². The van der Waals surface area contributed by atoms with Gasteiger partial charge in [0.05, 0.1) is 12.6 Å². The van der Waals surface area contributed by atoms with Crippen LogP contribution in [0.5, 0.6) is 0 Å². The van der Waals surface area contributed by atoms with E-state index >= 15 is 0 Å². The first kappa shape index (κ1) is 10.7. The summed E-state index contributed by atoms with van der Waals surface area (Å²) in [6, 6.07) is 2.16. The summed E-state index contributed by atoms with van der Waals surface area (Å²) in [6.45, 7) is 4.80. The monoisotopic (exact) mass is 175 g/mol. The predicted octanol–water partition coefficient (Wildman–Crippen LogP) is 0.227. The first-order valence-corrected chi connectivity index (χ1v) is 3.73. The van der Waals surface area contributed by atoms with Gasteiger partial charge in [-0.05, 0) is 13.0 Å². The van der Waals surface area contributed by atoms with E-state index in [1.54, 1.807) is 0 Å². The number of hydrogen-bond acceptors (Lipinski definition) is 3. The fraction of sp³-hybridized carbons (Fsp3) is 0.857. The zero-order valence-corrected chi connectivity index (χ0v) is 7.36. The zero-order chi connectivity index (χ0) is 7.23. The lowest BCUT2D eigenvalue weighted by Crippen LogP contribution is -2.28. The molecule has 3 nitrogen and oxygen atoms in total. The van der Waals surface area contributed by atoms with Crippen molar-refractivity contribution in [1.29, 1.82) is 5.26 Å². The summed E-state index contributed by atoms with van der Waals surface area (Å²) in [4.78, 5) is 2.18. The van der Waals surface area contributed by atoms with Crippen LogP contribution in [-0.4, -0.2) is 37.6 Å². The molecule has 1 aliphatic rings. The van der Waals surface area contributed by atoms with Gasteiger partial charge in [0.1, 0.15) is 0 Å². The van der Waals surface area contributed by atoms with E-state index in [1.807, 2.05) is 0 Å². The largest absolute Gasteiger partial charge is 0.315 e. The summed E-state index contributed by atoms with van der Waals surface area (Å²) in [5, 5.41) is 11.7. The second-order valence-corrected chi connectivity index (χ2v) is 2.54. The van der Waals surface area contributed by atoms with Crippen molar-refractivity contribution < 1.29 is 0 Å². The predicted molar refractivity (Wildman–Crippen MR) is 46.8 cm³/mol. The molecule has 11 heavy (non-hydrogen) atoms. The minimum Gasteiger partial charge on any atom is -0.315 e. The van der Waals surface area contributed by atoms with Crippen LogP contribution in [0, 0.1) is 11.3 Å². The molecule has 0 aliphatic carbocycles. The fourth-order valence-corrected chi connectivity index (χ4v) is 1.16. The molecule has 1 aliphatic heterocycles. The molecular formula is C7H14ClN3. The Morgan fingerprint density at radius 3 is 2.91 bits per heavy atom. The molecule has 0 bridgehead atoms. The molecule has 0 atom stereocenters. The van der Waals surface area contributed by atoms with Crippen molar-refractivity contribution in [2.75, 3.05) is 32.7 Å². The second-order valence-electron chi connectivity index (χ2n) is 2.54. The first-order chi connectivity index (χ1) is 4.93. The zero-order valence-electron chi connectivity index (χ0n) is 6.55. The van der Waals surface area contributed by atoms with Gasteiger partial charge >= 0.3 is 0 Å². The van der Waals surface area contributed by atoms with E-state index in [0.29, 0.717) is 6.54 Å². The quantitative estimate of drug-likeness (QED) is 0.580. The average Bonchev–Trinajstić information content (AvgIpc) is 2.17. The molecular weight excluding hydrogens is 162 g/mol. The Morgan fingerprint density at radius 2 is 2.18 bits per heavy atom. The van der Waals surface area contributed by atoms with Crippen molar-refractivity contribution >= 4 is 12.4 Å². The lowest BCUT2D eigenvalue weighted by Gasteiger charge is -2.13. The Hall–Kier alpha value is -0.300. The van der Waals surface area contributed by atoms with Gasteiger partial charge in [0, 0.05) is 19.6 Å². The highest BCUT2D eigenvalue weighted by Crippen LogP contribution is 1.92. The molecule has 1 heterocycles. The maximum atomic E-state index is 8.40. The lowest BCUT2D eigenvalue weighted by molar-refractivity contribution is 0.328. The van der Waals surface area contributed by atoms with Crippen molar-refractivity contribution in [3.8, 4) is 6.07 Å². The van der Waals surface area contributed by atoms with Gasteiger partial charge < -0.3 is 5.32 Å². The summed E-state index contributed by atoms with van der Waals surface area (Å²) in [5.74, 6) is 0. The first-order valence-electron chi connectivity index (χ1n) is 3.73. The lowest BCUT2D eigenvalue weighted by atomic mass is 10.4. The number of nitriles is 1. The van der Waals surface area contributed by atoms with E-state index in [-0.39, 0.29) is 12.4 Å². The molecule has 0 amide bonds. The van der Waals surface area contributed by atoms with E-state index in [4.69, 9.17) is 5.26 Å². The molecule has 1 N–H and O–H groups in total. The van der Waals surface area contributed by atoms with Crippen LogP contribution in [0.3, 0.4) is 0 Å². The van der Waals surface area contributed by atoms with Gasteiger partial charge in [0.25, 0.3) is 0 Å². The third kappa shape index (κ3) is 4.20. The normalized spacial score (nSPS) is 19.5. The van der Waals surface area contributed by atoms with Gasteiger partial charge in [-0.15, -0.1) is 12.4 Å². The summed E-state index contributed by atoms with van der Waals surface area (Å²) in [6.07, 6.45) is 1.17. The van der Waals surface area contributed by atoms with Crippen LogP contribution in [0.25, 0.3) is 0 Å². The molecule has 0 spiro atoms. The average molecular weight is 176 g/mol. The number of hydrogen-bond donors (Lipinski definition) is 1. The summed E-state index contributed by atoms with van der Waals surface area (Å²) in [5.41, 5.74) is 0. The summed E-state index contributed by atoms with van der Waals surface area (Å²) in [7, 11) is 0. The Balaban J connectivity index is 0.000001000. The molecule has 0 saturated carbocycles. The number of nitrogens with one attached hydrogen (secondary N) is 1. The SMILES string of the molecule is Cl.N#CCN1CCCNCC1. The number of nitrogens with zero attached hydrogens (tertiary/aromatic N) is 2. The Bertz CT molecular complexity index is 124. The summed E-state index contributed by atoms with van der Waals surface area (Å²) >= 11 is 0. The molecule has 1 rings (SSSR count). The molecule has 1 saturated heterocycles. The van der Waals surface area contributed by atoms with Crippen molar-refractivity contribution in [1.82, 2.24) is 10.2 Å². The highest BCUT2D eigenvalue weighted by molar-refractivity contribution is 5.85. The van der Waals surface area contributed by atoms with E-state index in [2.05, 4.69) is 16.3 Å². The maximum absolute atomic E-state index is 8.40. The minimum atomic E-state index is 0. The van der Waals surface area contributed by atoms with Gasteiger partial charge in [0.2, 0.25) is 0 Å². The van der Waals surface area contributed by atoms with Crippen LogP contribution in [0.15, 0.2) is 0 Å². The molecule has 64 valence electrons. The Kier molecular flexibility index (Phi) is 6.24. The van der Waals surface area contributed by atoms with Crippen LogP contribution in [-0.2, 0) is 0 Å². The third-order valence-corrected chi connectivity index (χ3v) is 1.73. The smallest absolute Gasteiger partial charge is 0.0866 e. The molecule has 0 unspecified atom stereocenters. The van der Waals surface area contributed by atoms with Crippen molar-refractivity contribution in [3.05, 3.63) is 0 Å². The standard InChI is InChI=1S/C7H13N3.ClH/c8-2-6-10-5-1-3-9-4-7-10;/h9H,1,3-7H2;1H. The van der Waals surface area contributed by atoms with E-state index in [0.717, 1.165) is 26.2 Å². The Labute approximate surface area is 73.8 Å². The van der Waals surface area contributed by atoms with Gasteiger partial charge in [0.15, 0.2) is 0 Å². The molecule has 1 fully saturated rings. The highest BCUT2D eigenvalue weighted by Gasteiger charge is 2.05. The topological polar surface area (TPSA) is 39.1 Å². The van der Waals surface area contributed by atoms with Gasteiger partial charge in [-0.3, -0.25) is 4.90 Å². The fourth-order valence-electron chi connectivity index (χ4n) is 1.16. The van der Waals surface area contributed by atoms with Crippen LogP contribution in [0.2, 0.25) is 0 Å². The maximum Gasteiger partial charge on any atom is 0.0866 e. The summed E-state index contributed by atoms with van der Waals surface area (Å²) < 4.78 is 0. The van der Waals surface area contributed by atoms with Gasteiger partial charge in [-0.1, -0.05) is 0 Å². The van der Waals surface area contributed by atoms with Crippen LogP contribution >= 0.6 is 12.4 Å². The van der Waals surface area contributed by atoms with Gasteiger partial charge in [-0.2, -0.15) is 5.26 Å². The van der Waals surface area contributed by atoms with Crippen molar-refractivity contribution in [3.63, 3.8) is 0 Å². The van der Waals surface area contributed by atoms with Crippen molar-refractivity contribution in [2.45, 2.75) is 6.42 Å². The minimum absolute atomic E-state index is 0. The number of halogens is 1. The van der Waals surface area contributed by atoms with E-state index in [9.17, 15) is 0 Å². The van der Waals surface area contributed by atoms with E-state index in [1.165, 1.54) is 6.42 Å². The van der Waals surface area contributed by atoms with Gasteiger partial charge in [-0.25, -0.2) is 0 Å². The molecule has 0 aromatic rings. The second kappa shape index (κ2) is 6.41. The van der Waals surface area contributed by atoms with E-state index < -0.39 is 0 Å². The molecule has 0 aromatic carbocycles. The van der Waals surface area contributed by atoms with Crippen LogP contribution < -0.4 is 5.32 Å². The highest BCUT2D eigenvalue weighted by atomic mass is 35.5. The van der Waals surface area contributed by atoms with Crippen LogP contribution in [0.4, 0.5) is 0 Å². The third-order valence-electron chi connectivity index (χ3n) is 1.73. The Morgan fingerprint density at radius 1 is 1.36 bits per heavy atom. The molecule has 0 aromatic heterocycles. The molecule has 0 radical (unpaired) electrons. The van der Waals surface area contributed by atoms with Crippen molar-refractivity contribution in [2.24, 2.45) is 0 Å². The number of rotatable bonds is 1.